The lowest BCUT2D eigenvalue weighted by Gasteiger charge is -2.24. The first kappa shape index (κ1) is 17.8. The molecule has 1 aliphatic rings. The molecule has 5 rings (SSSR count). The van der Waals surface area contributed by atoms with Crippen molar-refractivity contribution >= 4 is 68.4 Å². The van der Waals surface area contributed by atoms with Gasteiger partial charge in [-0.05, 0) is 42.6 Å². The molecule has 1 fully saturated rings. The number of aromatic nitrogens is 1. The molecule has 3 heterocycles. The van der Waals surface area contributed by atoms with Crippen LogP contribution in [0.1, 0.15) is 4.88 Å². The summed E-state index contributed by atoms with van der Waals surface area (Å²) in [6, 6.07) is 20.5. The van der Waals surface area contributed by atoms with E-state index in [0.717, 1.165) is 20.9 Å². The van der Waals surface area contributed by atoms with Crippen LogP contribution < -0.4 is 5.32 Å². The fourth-order valence-electron chi connectivity index (χ4n) is 3.59. The van der Waals surface area contributed by atoms with E-state index in [1.54, 1.807) is 13.1 Å². The van der Waals surface area contributed by atoms with Crippen LogP contribution >= 0.6 is 23.6 Å². The van der Waals surface area contributed by atoms with Gasteiger partial charge in [0.25, 0.3) is 11.8 Å². The average Bonchev–Trinajstić information content (AvgIpc) is 3.31. The standard InChI is InChI=1S/C22H15N3O2S2/c1-24-21(27)16(20(26)23-22(24)28)12-13-10-11-19(29-13)25-17-8-4-2-6-14(17)15-7-3-5-9-18(15)25/h2-12H,1H3,(H,23,26,28)/b16-12-. The molecule has 0 aliphatic carbocycles. The Hall–Kier alpha value is -3.29. The van der Waals surface area contributed by atoms with Gasteiger partial charge in [0.15, 0.2) is 5.11 Å². The third kappa shape index (κ3) is 2.78. The second kappa shape index (κ2) is 6.65. The van der Waals surface area contributed by atoms with Crippen LogP contribution in [0.25, 0.3) is 32.9 Å². The van der Waals surface area contributed by atoms with Crippen LogP contribution in [-0.4, -0.2) is 33.4 Å². The second-order valence-corrected chi connectivity index (χ2v) is 8.21. The van der Waals surface area contributed by atoms with E-state index in [1.165, 1.54) is 27.0 Å². The maximum Gasteiger partial charge on any atom is 0.265 e. The molecule has 1 N–H and O–H groups in total. The molecule has 2 aromatic carbocycles. The summed E-state index contributed by atoms with van der Waals surface area (Å²) in [5.41, 5.74) is 2.31. The normalized spacial score (nSPS) is 16.2. The van der Waals surface area contributed by atoms with E-state index in [0.29, 0.717) is 0 Å². The third-order valence-electron chi connectivity index (χ3n) is 5.00. The van der Waals surface area contributed by atoms with Crippen LogP contribution in [0.3, 0.4) is 0 Å². The number of fused-ring (bicyclic) bond motifs is 3. The van der Waals surface area contributed by atoms with Gasteiger partial charge < -0.3 is 4.57 Å². The molecule has 1 saturated heterocycles. The zero-order valence-corrected chi connectivity index (χ0v) is 17.0. The van der Waals surface area contributed by atoms with E-state index < -0.39 is 11.8 Å². The van der Waals surface area contributed by atoms with Crippen molar-refractivity contribution in [2.75, 3.05) is 7.05 Å². The summed E-state index contributed by atoms with van der Waals surface area (Å²) >= 11 is 6.52. The predicted octanol–water partition coefficient (Wildman–Crippen LogP) is 4.10. The first-order chi connectivity index (χ1) is 14.0. The molecular formula is C22H15N3O2S2. The Morgan fingerprint density at radius 1 is 0.931 bits per heavy atom. The van der Waals surface area contributed by atoms with E-state index in [2.05, 4.69) is 34.1 Å². The van der Waals surface area contributed by atoms with E-state index in [1.807, 2.05) is 36.4 Å². The van der Waals surface area contributed by atoms with Crippen molar-refractivity contribution < 1.29 is 9.59 Å². The molecule has 0 spiro atoms. The summed E-state index contributed by atoms with van der Waals surface area (Å²) in [5.74, 6) is -0.865. The number of rotatable bonds is 2. The molecule has 5 nitrogen and oxygen atoms in total. The van der Waals surface area contributed by atoms with Gasteiger partial charge in [0.2, 0.25) is 0 Å². The summed E-state index contributed by atoms with van der Waals surface area (Å²) in [5, 5.41) is 6.05. The predicted molar refractivity (Wildman–Crippen MR) is 120 cm³/mol. The number of hydrogen-bond donors (Lipinski definition) is 1. The Morgan fingerprint density at radius 3 is 2.21 bits per heavy atom. The minimum atomic E-state index is -0.468. The van der Waals surface area contributed by atoms with Gasteiger partial charge >= 0.3 is 0 Å². The van der Waals surface area contributed by atoms with Crippen LogP contribution in [0.5, 0.6) is 0 Å². The lowest BCUT2D eigenvalue weighted by Crippen LogP contribution is -2.52. The molecule has 142 valence electrons. The molecule has 2 aromatic heterocycles. The molecule has 1 aliphatic heterocycles. The zero-order valence-electron chi connectivity index (χ0n) is 15.4. The molecule has 29 heavy (non-hydrogen) atoms. The minimum absolute atomic E-state index is 0.0803. The van der Waals surface area contributed by atoms with Gasteiger partial charge in [-0.25, -0.2) is 0 Å². The molecule has 0 saturated carbocycles. The Morgan fingerprint density at radius 2 is 1.55 bits per heavy atom. The van der Waals surface area contributed by atoms with Crippen molar-refractivity contribution in [3.63, 3.8) is 0 Å². The first-order valence-corrected chi connectivity index (χ1v) is 10.2. The minimum Gasteiger partial charge on any atom is -0.301 e. The smallest absolute Gasteiger partial charge is 0.265 e. The zero-order chi connectivity index (χ0) is 20.1. The number of likely N-dealkylation sites (N-methyl/N-ethyl adjacent to an activating group) is 1. The number of carbonyl (C=O) groups is 2. The van der Waals surface area contributed by atoms with Gasteiger partial charge in [0.1, 0.15) is 10.6 Å². The van der Waals surface area contributed by atoms with Gasteiger partial charge in [-0.1, -0.05) is 36.4 Å². The van der Waals surface area contributed by atoms with Gasteiger partial charge in [-0.3, -0.25) is 19.8 Å². The maximum atomic E-state index is 12.4. The second-order valence-electron chi connectivity index (χ2n) is 6.73. The van der Waals surface area contributed by atoms with Crippen LogP contribution in [0.2, 0.25) is 0 Å². The SMILES string of the molecule is CN1C(=O)/C(=C\c2ccc(-n3c4ccccc4c4ccccc43)s2)C(=O)NC1=S. The van der Waals surface area contributed by atoms with Crippen LogP contribution in [-0.2, 0) is 9.59 Å². The summed E-state index contributed by atoms with van der Waals surface area (Å²) < 4.78 is 2.21. The van der Waals surface area contributed by atoms with E-state index in [4.69, 9.17) is 12.2 Å². The number of carbonyl (C=O) groups excluding carboxylic acids is 2. The summed E-state index contributed by atoms with van der Waals surface area (Å²) in [4.78, 5) is 26.8. The van der Waals surface area contributed by atoms with Crippen molar-refractivity contribution in [3.8, 4) is 5.00 Å². The number of hydrogen-bond acceptors (Lipinski definition) is 4. The number of nitrogens with zero attached hydrogens (tertiary/aromatic N) is 2. The Bertz CT molecular complexity index is 1310. The molecule has 4 aromatic rings. The molecule has 0 radical (unpaired) electrons. The fourth-order valence-corrected chi connectivity index (χ4v) is 4.74. The van der Waals surface area contributed by atoms with Gasteiger partial charge in [-0.2, -0.15) is 0 Å². The number of para-hydroxylation sites is 2. The van der Waals surface area contributed by atoms with Crippen LogP contribution in [0.4, 0.5) is 0 Å². The van der Waals surface area contributed by atoms with Crippen molar-refractivity contribution in [2.24, 2.45) is 0 Å². The van der Waals surface area contributed by atoms with Crippen molar-refractivity contribution in [1.29, 1.82) is 0 Å². The highest BCUT2D eigenvalue weighted by Gasteiger charge is 2.30. The third-order valence-corrected chi connectivity index (χ3v) is 6.40. The molecule has 2 amide bonds. The van der Waals surface area contributed by atoms with Crippen LogP contribution in [0, 0.1) is 0 Å². The lowest BCUT2D eigenvalue weighted by molar-refractivity contribution is -0.128. The van der Waals surface area contributed by atoms with Gasteiger partial charge in [0, 0.05) is 22.7 Å². The van der Waals surface area contributed by atoms with Gasteiger partial charge in [-0.15, -0.1) is 11.3 Å². The Balaban J connectivity index is 1.64. The topological polar surface area (TPSA) is 54.3 Å². The van der Waals surface area contributed by atoms with E-state index >= 15 is 0 Å². The summed E-state index contributed by atoms with van der Waals surface area (Å²) in [6.07, 6.45) is 1.62. The molecule has 7 heteroatoms. The highest BCUT2D eigenvalue weighted by Crippen LogP contribution is 2.34. The monoisotopic (exact) mass is 417 g/mol. The lowest BCUT2D eigenvalue weighted by atomic mass is 10.1. The number of nitrogens with one attached hydrogen (secondary N) is 1. The Kier molecular flexibility index (Phi) is 4.08. The molecule has 0 bridgehead atoms. The molecule has 0 unspecified atom stereocenters. The first-order valence-electron chi connectivity index (χ1n) is 8.98. The summed E-state index contributed by atoms with van der Waals surface area (Å²) in [6.45, 7) is 0. The highest BCUT2D eigenvalue weighted by molar-refractivity contribution is 7.80. The van der Waals surface area contributed by atoms with Gasteiger partial charge in [0.05, 0.1) is 11.0 Å². The van der Waals surface area contributed by atoms with Crippen molar-refractivity contribution in [2.45, 2.75) is 0 Å². The largest absolute Gasteiger partial charge is 0.301 e. The summed E-state index contributed by atoms with van der Waals surface area (Å²) in [7, 11) is 1.55. The average molecular weight is 418 g/mol. The number of thiophene rings is 1. The van der Waals surface area contributed by atoms with Crippen LogP contribution in [0.15, 0.2) is 66.2 Å². The highest BCUT2D eigenvalue weighted by atomic mass is 32.1. The maximum absolute atomic E-state index is 12.4. The van der Waals surface area contributed by atoms with Crippen molar-refractivity contribution in [1.82, 2.24) is 14.8 Å². The molecule has 0 atom stereocenters. The molecular weight excluding hydrogens is 402 g/mol. The fraction of sp³-hybridized carbons (Fsp3) is 0.0455. The van der Waals surface area contributed by atoms with E-state index in [9.17, 15) is 9.59 Å². The van der Waals surface area contributed by atoms with E-state index in [-0.39, 0.29) is 10.7 Å². The number of amides is 2. The quantitative estimate of drug-likeness (QED) is 0.304. The number of thiocarbonyl (C=S) groups is 1. The van der Waals surface area contributed by atoms with Crippen molar-refractivity contribution in [3.05, 3.63) is 71.1 Å². The number of benzene rings is 2. The Labute approximate surface area is 175 Å².